The second-order valence-electron chi connectivity index (χ2n) is 6.34. The largest absolute Gasteiger partial charge is 0.464 e. The average molecular weight is 416 g/mol. The number of pyridine rings is 1. The van der Waals surface area contributed by atoms with Crippen molar-refractivity contribution in [1.29, 1.82) is 0 Å². The minimum Gasteiger partial charge on any atom is -0.464 e. The number of furan rings is 1. The number of nitrogens with one attached hydrogen (secondary N) is 1. The van der Waals surface area contributed by atoms with Crippen LogP contribution in [0.15, 0.2) is 53.3 Å². The zero-order valence-electron chi connectivity index (χ0n) is 15.6. The van der Waals surface area contributed by atoms with Gasteiger partial charge in [0.25, 0.3) is 0 Å². The number of amides is 1. The number of aryl methyl sites for hydroxylation is 1. The van der Waals surface area contributed by atoms with Crippen LogP contribution < -0.4 is 10.1 Å². The van der Waals surface area contributed by atoms with Crippen molar-refractivity contribution in [3.8, 4) is 17.1 Å². The van der Waals surface area contributed by atoms with Crippen LogP contribution in [0.4, 0.5) is 18.9 Å². The highest BCUT2D eigenvalue weighted by atomic mass is 19.3. The molecule has 0 aliphatic heterocycles. The standard InChI is InChI=1S/C20H15F3N4O3/c1-11-18-13(15-3-2-8-29-15)6-7-24-19(18)27(26-11)10-17(28)25-14-5-4-12(21)9-16(14)30-20(22)23/h2-9,20H,10H2,1H3,(H,25,28). The van der Waals surface area contributed by atoms with Crippen LogP contribution in [0.5, 0.6) is 5.75 Å². The maximum atomic E-state index is 13.3. The van der Waals surface area contributed by atoms with Gasteiger partial charge in [-0.25, -0.2) is 14.1 Å². The van der Waals surface area contributed by atoms with Crippen LogP contribution in [0.2, 0.25) is 0 Å². The lowest BCUT2D eigenvalue weighted by atomic mass is 10.1. The third-order valence-electron chi connectivity index (χ3n) is 4.32. The van der Waals surface area contributed by atoms with E-state index in [-0.39, 0.29) is 12.2 Å². The predicted molar refractivity (Wildman–Crippen MR) is 102 cm³/mol. The summed E-state index contributed by atoms with van der Waals surface area (Å²) in [5, 5.41) is 7.53. The maximum absolute atomic E-state index is 13.3. The predicted octanol–water partition coefficient (Wildman–Crippen LogP) is 4.38. The number of hydrogen-bond acceptors (Lipinski definition) is 5. The van der Waals surface area contributed by atoms with Crippen molar-refractivity contribution in [2.45, 2.75) is 20.1 Å². The van der Waals surface area contributed by atoms with Crippen LogP contribution in [0.1, 0.15) is 5.69 Å². The van der Waals surface area contributed by atoms with Gasteiger partial charge in [0, 0.05) is 17.8 Å². The number of anilines is 1. The number of ether oxygens (including phenoxy) is 1. The Morgan fingerprint density at radius 1 is 1.30 bits per heavy atom. The van der Waals surface area contributed by atoms with Gasteiger partial charge in [0.2, 0.25) is 5.91 Å². The van der Waals surface area contributed by atoms with E-state index in [1.807, 2.05) is 0 Å². The third kappa shape index (κ3) is 3.84. The highest BCUT2D eigenvalue weighted by Crippen LogP contribution is 2.30. The first-order valence-electron chi connectivity index (χ1n) is 8.82. The van der Waals surface area contributed by atoms with Crippen LogP contribution >= 0.6 is 0 Å². The van der Waals surface area contributed by atoms with Crippen LogP contribution in [-0.2, 0) is 11.3 Å². The Kier molecular flexibility index (Phi) is 5.13. The van der Waals surface area contributed by atoms with E-state index >= 15 is 0 Å². The van der Waals surface area contributed by atoms with Gasteiger partial charge in [-0.05, 0) is 37.3 Å². The summed E-state index contributed by atoms with van der Waals surface area (Å²) in [5.41, 5.74) is 1.79. The minimum atomic E-state index is -3.16. The molecule has 0 saturated carbocycles. The second kappa shape index (κ2) is 7.90. The van der Waals surface area contributed by atoms with Gasteiger partial charge in [-0.15, -0.1) is 0 Å². The highest BCUT2D eigenvalue weighted by Gasteiger charge is 2.18. The summed E-state index contributed by atoms with van der Waals surface area (Å²) in [5.74, 6) is -1.19. The monoisotopic (exact) mass is 416 g/mol. The van der Waals surface area contributed by atoms with Crippen LogP contribution in [0.3, 0.4) is 0 Å². The molecular weight excluding hydrogens is 401 g/mol. The summed E-state index contributed by atoms with van der Waals surface area (Å²) in [4.78, 5) is 16.8. The van der Waals surface area contributed by atoms with Gasteiger partial charge in [-0.3, -0.25) is 4.79 Å². The van der Waals surface area contributed by atoms with Gasteiger partial charge in [0.15, 0.2) is 11.4 Å². The number of rotatable bonds is 6. The summed E-state index contributed by atoms with van der Waals surface area (Å²) in [6.07, 6.45) is 3.13. The van der Waals surface area contributed by atoms with Gasteiger partial charge >= 0.3 is 6.61 Å². The number of fused-ring (bicyclic) bond motifs is 1. The smallest absolute Gasteiger partial charge is 0.387 e. The molecule has 3 heterocycles. The lowest BCUT2D eigenvalue weighted by Gasteiger charge is -2.12. The van der Waals surface area contributed by atoms with Gasteiger partial charge in [0.05, 0.1) is 23.0 Å². The first kappa shape index (κ1) is 19.5. The number of benzene rings is 1. The van der Waals surface area contributed by atoms with Crippen molar-refractivity contribution in [1.82, 2.24) is 14.8 Å². The number of carbonyl (C=O) groups excluding carboxylic acids is 1. The molecule has 0 aliphatic rings. The molecule has 0 spiro atoms. The van der Waals surface area contributed by atoms with Crippen molar-refractivity contribution in [3.05, 3.63) is 60.4 Å². The van der Waals surface area contributed by atoms with Crippen molar-refractivity contribution >= 4 is 22.6 Å². The van der Waals surface area contributed by atoms with E-state index in [4.69, 9.17) is 4.42 Å². The van der Waals surface area contributed by atoms with Crippen LogP contribution in [-0.4, -0.2) is 27.3 Å². The first-order chi connectivity index (χ1) is 14.4. The summed E-state index contributed by atoms with van der Waals surface area (Å²) < 4.78 is 49.6. The summed E-state index contributed by atoms with van der Waals surface area (Å²) in [7, 11) is 0. The zero-order valence-corrected chi connectivity index (χ0v) is 15.6. The van der Waals surface area contributed by atoms with Gasteiger partial charge in [-0.1, -0.05) is 0 Å². The molecule has 4 rings (SSSR count). The number of hydrogen-bond donors (Lipinski definition) is 1. The quantitative estimate of drug-likeness (QED) is 0.505. The molecular formula is C20H15F3N4O3. The summed E-state index contributed by atoms with van der Waals surface area (Å²) >= 11 is 0. The number of aromatic nitrogens is 3. The molecule has 3 aromatic heterocycles. The molecule has 30 heavy (non-hydrogen) atoms. The SMILES string of the molecule is Cc1nn(CC(=O)Nc2ccc(F)cc2OC(F)F)c2nccc(-c3ccco3)c12. The van der Waals surface area contributed by atoms with E-state index < -0.39 is 24.1 Å². The number of alkyl halides is 2. The fourth-order valence-corrected chi connectivity index (χ4v) is 3.15. The van der Waals surface area contributed by atoms with E-state index in [0.29, 0.717) is 17.1 Å². The Hall–Kier alpha value is -3.82. The number of halogens is 3. The molecule has 0 unspecified atom stereocenters. The van der Waals surface area contributed by atoms with Crippen molar-refractivity contribution in [2.75, 3.05) is 5.32 Å². The Bertz CT molecular complexity index is 1210. The molecule has 1 aromatic carbocycles. The van der Waals surface area contributed by atoms with E-state index in [1.54, 1.807) is 37.6 Å². The Morgan fingerprint density at radius 3 is 2.87 bits per heavy atom. The highest BCUT2D eigenvalue weighted by molar-refractivity contribution is 5.96. The lowest BCUT2D eigenvalue weighted by molar-refractivity contribution is -0.116. The summed E-state index contributed by atoms with van der Waals surface area (Å²) in [6.45, 7) is -1.63. The van der Waals surface area contributed by atoms with Crippen LogP contribution in [0, 0.1) is 12.7 Å². The Balaban J connectivity index is 1.61. The zero-order chi connectivity index (χ0) is 21.3. The minimum absolute atomic E-state index is 0.0842. The molecule has 7 nitrogen and oxygen atoms in total. The van der Waals surface area contributed by atoms with Gasteiger partial charge in [0.1, 0.15) is 18.1 Å². The van der Waals surface area contributed by atoms with E-state index in [9.17, 15) is 18.0 Å². The van der Waals surface area contributed by atoms with Crippen LogP contribution in [0.25, 0.3) is 22.4 Å². The van der Waals surface area contributed by atoms with E-state index in [0.717, 1.165) is 29.1 Å². The normalized spacial score (nSPS) is 11.2. The van der Waals surface area contributed by atoms with E-state index in [1.165, 1.54) is 4.68 Å². The molecule has 0 atom stereocenters. The van der Waals surface area contributed by atoms with Crippen molar-refractivity contribution in [3.63, 3.8) is 0 Å². The second-order valence-corrected chi connectivity index (χ2v) is 6.34. The average Bonchev–Trinajstić information content (AvgIpc) is 3.32. The molecule has 1 N–H and O–H groups in total. The Morgan fingerprint density at radius 2 is 2.13 bits per heavy atom. The topological polar surface area (TPSA) is 82.2 Å². The summed E-state index contributed by atoms with van der Waals surface area (Å²) in [6, 6.07) is 8.29. The molecule has 0 saturated heterocycles. The molecule has 154 valence electrons. The number of carbonyl (C=O) groups is 1. The maximum Gasteiger partial charge on any atom is 0.387 e. The van der Waals surface area contributed by atoms with Crippen molar-refractivity contribution < 1.29 is 27.1 Å². The molecule has 1 amide bonds. The van der Waals surface area contributed by atoms with E-state index in [2.05, 4.69) is 20.1 Å². The van der Waals surface area contributed by atoms with Crippen molar-refractivity contribution in [2.24, 2.45) is 0 Å². The molecule has 10 heteroatoms. The molecule has 4 aromatic rings. The fraction of sp³-hybridized carbons (Fsp3) is 0.150. The lowest BCUT2D eigenvalue weighted by Crippen LogP contribution is -2.20. The fourth-order valence-electron chi connectivity index (χ4n) is 3.15. The first-order valence-corrected chi connectivity index (χ1v) is 8.82. The third-order valence-corrected chi connectivity index (χ3v) is 4.32. The molecule has 0 aliphatic carbocycles. The Labute approximate surface area is 168 Å². The molecule has 0 radical (unpaired) electrons. The molecule has 0 fully saturated rings. The van der Waals surface area contributed by atoms with Gasteiger partial charge in [-0.2, -0.15) is 13.9 Å². The molecule has 0 bridgehead atoms. The number of nitrogens with zero attached hydrogens (tertiary/aromatic N) is 3. The van der Waals surface area contributed by atoms with Gasteiger partial charge < -0.3 is 14.5 Å².